The highest BCUT2D eigenvalue weighted by Crippen LogP contribution is 2.34. The average molecular weight is 296 g/mol. The first-order valence-electron chi connectivity index (χ1n) is 5.95. The van der Waals surface area contributed by atoms with E-state index in [2.05, 4.69) is 16.0 Å². The maximum Gasteiger partial charge on any atom is 0.143 e. The molecule has 0 spiro atoms. The first-order valence-corrected chi connectivity index (χ1v) is 7.14. The highest BCUT2D eigenvalue weighted by Gasteiger charge is 2.11. The summed E-state index contributed by atoms with van der Waals surface area (Å²) in [5, 5.41) is 10.9. The van der Waals surface area contributed by atoms with Crippen LogP contribution in [0.4, 0.5) is 0 Å². The van der Waals surface area contributed by atoms with Gasteiger partial charge in [0.25, 0.3) is 0 Å². The van der Waals surface area contributed by atoms with Crippen LogP contribution in [0.1, 0.15) is 5.56 Å². The minimum absolute atomic E-state index is 0.549. The molecule has 0 N–H and O–H groups in total. The molecule has 0 saturated carbocycles. The number of rotatable bonds is 0. The Hall–Kier alpha value is -2.22. The van der Waals surface area contributed by atoms with Crippen molar-refractivity contribution in [2.75, 3.05) is 0 Å². The number of para-hydroxylation sites is 1. The van der Waals surface area contributed by atoms with Crippen LogP contribution in [0.25, 0.3) is 31.5 Å². The molecule has 0 bridgehead atoms. The molecule has 0 aliphatic rings. The highest BCUT2D eigenvalue weighted by atomic mass is 35.5. The number of aromatic nitrogens is 2. The fraction of sp³-hybridized carbons (Fsp3) is 0. The Morgan fingerprint density at radius 3 is 2.85 bits per heavy atom. The SMILES string of the molecule is N#Cc1cccc2nc3c(nc12)sc1cc(Cl)ccc13. The molecule has 4 rings (SSSR count). The number of thiophene rings is 1. The van der Waals surface area contributed by atoms with Gasteiger partial charge in [0.1, 0.15) is 21.9 Å². The molecule has 2 aromatic carbocycles. The summed E-state index contributed by atoms with van der Waals surface area (Å²) in [6, 6.07) is 13.4. The van der Waals surface area contributed by atoms with Crippen molar-refractivity contribution in [2.45, 2.75) is 0 Å². The minimum atomic E-state index is 0.549. The predicted octanol–water partition coefficient (Wildman–Crippen LogP) is 4.52. The zero-order valence-corrected chi connectivity index (χ0v) is 11.7. The quantitative estimate of drug-likeness (QED) is 0.479. The summed E-state index contributed by atoms with van der Waals surface area (Å²) in [6.07, 6.45) is 0. The van der Waals surface area contributed by atoms with Gasteiger partial charge in [-0.15, -0.1) is 11.3 Å². The van der Waals surface area contributed by atoms with Crippen molar-refractivity contribution in [3.8, 4) is 6.07 Å². The van der Waals surface area contributed by atoms with Crippen LogP contribution < -0.4 is 0 Å². The maximum absolute atomic E-state index is 9.15. The lowest BCUT2D eigenvalue weighted by molar-refractivity contribution is 1.41. The number of nitrogens with zero attached hydrogens (tertiary/aromatic N) is 3. The molecule has 4 aromatic rings. The van der Waals surface area contributed by atoms with Crippen molar-refractivity contribution in [2.24, 2.45) is 0 Å². The fourth-order valence-corrected chi connectivity index (χ4v) is 3.57. The van der Waals surface area contributed by atoms with Crippen LogP contribution in [0, 0.1) is 11.3 Å². The molecule has 0 aliphatic heterocycles. The topological polar surface area (TPSA) is 49.6 Å². The number of benzene rings is 2. The van der Waals surface area contributed by atoms with Gasteiger partial charge >= 0.3 is 0 Å². The van der Waals surface area contributed by atoms with Crippen molar-refractivity contribution in [3.05, 3.63) is 47.0 Å². The van der Waals surface area contributed by atoms with Gasteiger partial charge in [0.05, 0.1) is 11.1 Å². The summed E-state index contributed by atoms with van der Waals surface area (Å²) >= 11 is 7.56. The van der Waals surface area contributed by atoms with E-state index in [9.17, 15) is 0 Å². The highest BCUT2D eigenvalue weighted by molar-refractivity contribution is 7.25. The molecule has 0 atom stereocenters. The van der Waals surface area contributed by atoms with E-state index in [1.807, 2.05) is 30.3 Å². The number of halogens is 1. The summed E-state index contributed by atoms with van der Waals surface area (Å²) in [5.41, 5.74) is 2.81. The predicted molar refractivity (Wildman–Crippen MR) is 82.2 cm³/mol. The molecule has 94 valence electrons. The summed E-state index contributed by atoms with van der Waals surface area (Å²) in [4.78, 5) is 10.1. The number of hydrogen-bond acceptors (Lipinski definition) is 4. The third-order valence-corrected chi connectivity index (χ3v) is 4.46. The van der Waals surface area contributed by atoms with Crippen LogP contribution in [0.15, 0.2) is 36.4 Å². The molecule has 3 nitrogen and oxygen atoms in total. The normalized spacial score (nSPS) is 11.2. The van der Waals surface area contributed by atoms with E-state index in [4.69, 9.17) is 16.9 Å². The zero-order valence-electron chi connectivity index (χ0n) is 10.1. The standard InChI is InChI=1S/C15H6ClN3S/c16-9-4-5-10-12(6-9)20-15-14(10)18-11-3-1-2-8(7-17)13(11)19-15/h1-6H. The maximum atomic E-state index is 9.15. The van der Waals surface area contributed by atoms with E-state index in [0.717, 1.165) is 25.9 Å². The molecule has 0 radical (unpaired) electrons. The molecular formula is C15H6ClN3S. The van der Waals surface area contributed by atoms with Gasteiger partial charge in [-0.25, -0.2) is 9.97 Å². The summed E-state index contributed by atoms with van der Waals surface area (Å²) < 4.78 is 1.06. The Morgan fingerprint density at radius 1 is 1.10 bits per heavy atom. The second-order valence-corrected chi connectivity index (χ2v) is 5.87. The van der Waals surface area contributed by atoms with Crippen LogP contribution in [-0.2, 0) is 0 Å². The molecular weight excluding hydrogens is 290 g/mol. The molecule has 0 saturated heterocycles. The number of nitriles is 1. The molecule has 2 aromatic heterocycles. The molecule has 5 heteroatoms. The number of fused-ring (bicyclic) bond motifs is 4. The van der Waals surface area contributed by atoms with Crippen molar-refractivity contribution in [3.63, 3.8) is 0 Å². The van der Waals surface area contributed by atoms with Crippen molar-refractivity contribution >= 4 is 54.4 Å². The smallest absolute Gasteiger partial charge is 0.143 e. The Bertz CT molecular complexity index is 1030. The third kappa shape index (κ3) is 1.58. The van der Waals surface area contributed by atoms with Crippen molar-refractivity contribution < 1.29 is 0 Å². The summed E-state index contributed by atoms with van der Waals surface area (Å²) in [5.74, 6) is 0. The lowest BCUT2D eigenvalue weighted by atomic mass is 10.2. The van der Waals surface area contributed by atoms with Gasteiger partial charge in [0.15, 0.2) is 0 Å². The minimum Gasteiger partial charge on any atom is -0.243 e. The van der Waals surface area contributed by atoms with Crippen LogP contribution in [0.2, 0.25) is 5.02 Å². The second-order valence-electron chi connectivity index (χ2n) is 4.41. The van der Waals surface area contributed by atoms with Crippen molar-refractivity contribution in [1.82, 2.24) is 9.97 Å². The van der Waals surface area contributed by atoms with Crippen LogP contribution >= 0.6 is 22.9 Å². The summed E-state index contributed by atoms with van der Waals surface area (Å²) in [6.45, 7) is 0. The van der Waals surface area contributed by atoms with Crippen LogP contribution in [0.5, 0.6) is 0 Å². The van der Waals surface area contributed by atoms with E-state index in [1.165, 1.54) is 0 Å². The van der Waals surface area contributed by atoms with Crippen molar-refractivity contribution in [1.29, 1.82) is 5.26 Å². The Balaban J connectivity index is 2.22. The van der Waals surface area contributed by atoms with Gasteiger partial charge in [0, 0.05) is 15.1 Å². The van der Waals surface area contributed by atoms with Gasteiger partial charge in [0.2, 0.25) is 0 Å². The molecule has 0 aliphatic carbocycles. The van der Waals surface area contributed by atoms with Gasteiger partial charge < -0.3 is 0 Å². The largest absolute Gasteiger partial charge is 0.243 e. The van der Waals surface area contributed by atoms with Crippen LogP contribution in [-0.4, -0.2) is 9.97 Å². The first kappa shape index (κ1) is 11.6. The first-order chi connectivity index (χ1) is 9.76. The molecule has 20 heavy (non-hydrogen) atoms. The van der Waals surface area contributed by atoms with Gasteiger partial charge in [-0.05, 0) is 30.3 Å². The number of hydrogen-bond donors (Lipinski definition) is 0. The lowest BCUT2D eigenvalue weighted by Gasteiger charge is -1.98. The van der Waals surface area contributed by atoms with Gasteiger partial charge in [-0.2, -0.15) is 5.26 Å². The van der Waals surface area contributed by atoms with E-state index in [0.29, 0.717) is 16.1 Å². The Kier molecular flexibility index (Phi) is 2.40. The second kappa shape index (κ2) is 4.14. The molecule has 0 fully saturated rings. The Morgan fingerprint density at radius 2 is 2.00 bits per heavy atom. The van der Waals surface area contributed by atoms with Gasteiger partial charge in [-0.1, -0.05) is 17.7 Å². The van der Waals surface area contributed by atoms with E-state index in [1.54, 1.807) is 17.4 Å². The molecule has 0 unspecified atom stereocenters. The van der Waals surface area contributed by atoms with E-state index < -0.39 is 0 Å². The monoisotopic (exact) mass is 295 g/mol. The fourth-order valence-electron chi connectivity index (χ4n) is 2.28. The Labute approximate surface area is 123 Å². The molecule has 2 heterocycles. The summed E-state index contributed by atoms with van der Waals surface area (Å²) in [7, 11) is 0. The van der Waals surface area contributed by atoms with Gasteiger partial charge in [-0.3, -0.25) is 0 Å². The van der Waals surface area contributed by atoms with E-state index >= 15 is 0 Å². The van der Waals surface area contributed by atoms with Crippen LogP contribution in [0.3, 0.4) is 0 Å². The lowest BCUT2D eigenvalue weighted by Crippen LogP contribution is -1.87. The third-order valence-electron chi connectivity index (χ3n) is 3.19. The zero-order chi connectivity index (χ0) is 13.7. The average Bonchev–Trinajstić information content (AvgIpc) is 2.80. The van der Waals surface area contributed by atoms with E-state index in [-0.39, 0.29) is 0 Å². The molecule has 0 amide bonds.